The number of hydrogen-bond acceptors (Lipinski definition) is 2. The lowest BCUT2D eigenvalue weighted by molar-refractivity contribution is 0.254. The lowest BCUT2D eigenvalue weighted by Crippen LogP contribution is -2.29. The Kier molecular flexibility index (Phi) is 2.06. The third-order valence-corrected chi connectivity index (χ3v) is 3.11. The van der Waals surface area contributed by atoms with Crippen LogP contribution in [0, 0.1) is 17.2 Å². The van der Waals surface area contributed by atoms with E-state index in [9.17, 15) is 0 Å². The van der Waals surface area contributed by atoms with Crippen LogP contribution in [0.15, 0.2) is 0 Å². The second-order valence-electron chi connectivity index (χ2n) is 4.24. The molecule has 0 aromatic heterocycles. The van der Waals surface area contributed by atoms with E-state index in [-0.39, 0.29) is 0 Å². The van der Waals surface area contributed by atoms with Gasteiger partial charge in [-0.3, -0.25) is 4.90 Å². The molecule has 0 aromatic carbocycles. The predicted octanol–water partition coefficient (Wildman–Crippen LogP) is 1.77. The summed E-state index contributed by atoms with van der Waals surface area (Å²) in [5.41, 5.74) is 0. The molecule has 2 fully saturated rings. The molecule has 0 radical (unpaired) electrons. The Morgan fingerprint density at radius 3 is 2.83 bits per heavy atom. The largest absolute Gasteiger partial charge is 0.297 e. The highest BCUT2D eigenvalue weighted by Gasteiger charge is 2.38. The van der Waals surface area contributed by atoms with Crippen molar-refractivity contribution in [3.63, 3.8) is 0 Å². The molecule has 12 heavy (non-hydrogen) atoms. The Morgan fingerprint density at radius 1 is 1.50 bits per heavy atom. The van der Waals surface area contributed by atoms with E-state index >= 15 is 0 Å². The topological polar surface area (TPSA) is 27.0 Å². The van der Waals surface area contributed by atoms with Gasteiger partial charge in [-0.2, -0.15) is 5.26 Å². The lowest BCUT2D eigenvalue weighted by atomic mass is 10.0. The van der Waals surface area contributed by atoms with Crippen molar-refractivity contribution in [2.45, 2.75) is 44.7 Å². The van der Waals surface area contributed by atoms with Crippen LogP contribution in [-0.4, -0.2) is 23.5 Å². The van der Waals surface area contributed by atoms with Gasteiger partial charge in [-0.15, -0.1) is 0 Å². The van der Waals surface area contributed by atoms with E-state index in [1.165, 1.54) is 25.8 Å². The van der Waals surface area contributed by atoms with Crippen LogP contribution in [0.2, 0.25) is 0 Å². The van der Waals surface area contributed by atoms with E-state index < -0.39 is 0 Å². The van der Waals surface area contributed by atoms with Gasteiger partial charge in [0.05, 0.1) is 6.07 Å². The number of nitrogens with zero attached hydrogens (tertiary/aromatic N) is 2. The molecule has 2 aliphatic rings. The van der Waals surface area contributed by atoms with Crippen molar-refractivity contribution in [2.24, 2.45) is 5.92 Å². The average Bonchev–Trinajstić information content (AvgIpc) is 2.79. The van der Waals surface area contributed by atoms with Gasteiger partial charge < -0.3 is 0 Å². The summed E-state index contributed by atoms with van der Waals surface area (Å²) in [5, 5.41) is 8.58. The van der Waals surface area contributed by atoms with Crippen molar-refractivity contribution in [1.29, 1.82) is 5.26 Å². The van der Waals surface area contributed by atoms with E-state index in [1.54, 1.807) is 0 Å². The normalized spacial score (nSPS) is 36.7. The summed E-state index contributed by atoms with van der Waals surface area (Å²) in [6, 6.07) is 3.89. The fourth-order valence-electron chi connectivity index (χ4n) is 2.36. The van der Waals surface area contributed by atoms with Crippen LogP contribution in [0.3, 0.4) is 0 Å². The van der Waals surface area contributed by atoms with Crippen LogP contribution in [0.25, 0.3) is 0 Å². The standard InChI is InChI=1S/C10H16N2/c1-8-6-9(4-5-11)7-12(8)10-2-3-10/h8-10H,2-4,6-7H2,1H3. The lowest BCUT2D eigenvalue weighted by Gasteiger charge is -2.19. The van der Waals surface area contributed by atoms with Gasteiger partial charge in [-0.25, -0.2) is 0 Å². The molecule has 1 saturated heterocycles. The third kappa shape index (κ3) is 1.47. The van der Waals surface area contributed by atoms with E-state index in [1.807, 2.05) is 0 Å². The summed E-state index contributed by atoms with van der Waals surface area (Å²) in [5.74, 6) is 0.658. The monoisotopic (exact) mass is 164 g/mol. The Hall–Kier alpha value is -0.550. The van der Waals surface area contributed by atoms with Gasteiger partial charge >= 0.3 is 0 Å². The van der Waals surface area contributed by atoms with Crippen molar-refractivity contribution < 1.29 is 0 Å². The van der Waals surface area contributed by atoms with E-state index in [0.717, 1.165) is 18.5 Å². The minimum atomic E-state index is 0.658. The van der Waals surface area contributed by atoms with E-state index in [4.69, 9.17) is 5.26 Å². The van der Waals surface area contributed by atoms with Crippen LogP contribution in [0.1, 0.15) is 32.6 Å². The van der Waals surface area contributed by atoms with Gasteiger partial charge in [0.1, 0.15) is 0 Å². The highest BCUT2D eigenvalue weighted by molar-refractivity contribution is 4.95. The Balaban J connectivity index is 1.89. The summed E-state index contributed by atoms with van der Waals surface area (Å²) < 4.78 is 0. The molecule has 1 heterocycles. The number of likely N-dealkylation sites (tertiary alicyclic amines) is 1. The Bertz CT molecular complexity index is 202. The Morgan fingerprint density at radius 2 is 2.25 bits per heavy atom. The SMILES string of the molecule is CC1CC(CC#N)CN1C1CC1. The molecule has 0 amide bonds. The molecule has 0 N–H and O–H groups in total. The molecule has 0 bridgehead atoms. The van der Waals surface area contributed by atoms with Crippen LogP contribution < -0.4 is 0 Å². The summed E-state index contributed by atoms with van der Waals surface area (Å²) >= 11 is 0. The van der Waals surface area contributed by atoms with Gasteiger partial charge in [-0.05, 0) is 32.1 Å². The average molecular weight is 164 g/mol. The first-order valence-electron chi connectivity index (χ1n) is 4.94. The maximum Gasteiger partial charge on any atom is 0.0625 e. The number of rotatable bonds is 2. The summed E-state index contributed by atoms with van der Waals surface area (Å²) in [4.78, 5) is 2.60. The minimum absolute atomic E-state index is 0.658. The number of nitriles is 1. The first-order valence-corrected chi connectivity index (χ1v) is 4.94. The van der Waals surface area contributed by atoms with Crippen molar-refractivity contribution in [3.05, 3.63) is 0 Å². The second kappa shape index (κ2) is 3.06. The van der Waals surface area contributed by atoms with Gasteiger partial charge in [0.2, 0.25) is 0 Å². The van der Waals surface area contributed by atoms with Gasteiger partial charge in [0.15, 0.2) is 0 Å². The van der Waals surface area contributed by atoms with E-state index in [0.29, 0.717) is 5.92 Å². The summed E-state index contributed by atoms with van der Waals surface area (Å²) in [6.07, 6.45) is 4.78. The fourth-order valence-corrected chi connectivity index (χ4v) is 2.36. The van der Waals surface area contributed by atoms with Crippen LogP contribution in [-0.2, 0) is 0 Å². The molecule has 1 aliphatic carbocycles. The summed E-state index contributed by atoms with van der Waals surface area (Å²) in [6.45, 7) is 3.48. The molecule has 2 unspecified atom stereocenters. The first kappa shape index (κ1) is 8.07. The van der Waals surface area contributed by atoms with Crippen LogP contribution in [0.5, 0.6) is 0 Å². The van der Waals surface area contributed by atoms with Crippen LogP contribution in [0.4, 0.5) is 0 Å². The number of hydrogen-bond donors (Lipinski definition) is 0. The van der Waals surface area contributed by atoms with Gasteiger partial charge in [0.25, 0.3) is 0 Å². The molecular formula is C10H16N2. The Labute approximate surface area is 74.2 Å². The minimum Gasteiger partial charge on any atom is -0.297 e. The molecule has 1 aliphatic heterocycles. The summed E-state index contributed by atoms with van der Waals surface area (Å²) in [7, 11) is 0. The molecule has 1 saturated carbocycles. The van der Waals surface area contributed by atoms with Crippen molar-refractivity contribution in [1.82, 2.24) is 4.90 Å². The third-order valence-electron chi connectivity index (χ3n) is 3.11. The maximum absolute atomic E-state index is 8.58. The van der Waals surface area contributed by atoms with Gasteiger partial charge in [0, 0.05) is 25.0 Å². The molecule has 0 aromatic rings. The second-order valence-corrected chi connectivity index (χ2v) is 4.24. The smallest absolute Gasteiger partial charge is 0.0625 e. The molecule has 2 rings (SSSR count). The zero-order chi connectivity index (χ0) is 8.55. The molecular weight excluding hydrogens is 148 g/mol. The van der Waals surface area contributed by atoms with E-state index in [2.05, 4.69) is 17.9 Å². The quantitative estimate of drug-likeness (QED) is 0.622. The first-order chi connectivity index (χ1) is 5.81. The zero-order valence-corrected chi connectivity index (χ0v) is 7.66. The zero-order valence-electron chi connectivity index (χ0n) is 7.66. The fraction of sp³-hybridized carbons (Fsp3) is 0.900. The molecule has 66 valence electrons. The van der Waals surface area contributed by atoms with Crippen molar-refractivity contribution in [2.75, 3.05) is 6.54 Å². The van der Waals surface area contributed by atoms with Gasteiger partial charge in [-0.1, -0.05) is 0 Å². The van der Waals surface area contributed by atoms with Crippen LogP contribution >= 0.6 is 0 Å². The highest BCUT2D eigenvalue weighted by Crippen LogP contribution is 2.36. The highest BCUT2D eigenvalue weighted by atomic mass is 15.2. The molecule has 2 atom stereocenters. The van der Waals surface area contributed by atoms with Crippen molar-refractivity contribution in [3.8, 4) is 6.07 Å². The molecule has 2 nitrogen and oxygen atoms in total. The maximum atomic E-state index is 8.58. The van der Waals surface area contributed by atoms with Crippen molar-refractivity contribution >= 4 is 0 Å². The predicted molar refractivity (Wildman–Crippen MR) is 47.5 cm³/mol. The molecule has 2 heteroatoms. The molecule has 0 spiro atoms.